The van der Waals surface area contributed by atoms with Gasteiger partial charge in [-0.2, -0.15) is 5.21 Å². The molecule has 0 bridgehead atoms. The Morgan fingerprint density at radius 1 is 0.919 bits per heavy atom. The van der Waals surface area contributed by atoms with Gasteiger partial charge in [0.15, 0.2) is 0 Å². The summed E-state index contributed by atoms with van der Waals surface area (Å²) in [6, 6.07) is 22.6. The molecule has 37 heavy (non-hydrogen) atoms. The predicted octanol–water partition coefficient (Wildman–Crippen LogP) is 3.81. The van der Waals surface area contributed by atoms with Crippen LogP contribution in [0.4, 0.5) is 0 Å². The lowest BCUT2D eigenvalue weighted by Crippen LogP contribution is -2.29. The van der Waals surface area contributed by atoms with Gasteiger partial charge in [0.1, 0.15) is 17.7 Å². The second-order valence-electron chi connectivity index (χ2n) is 8.16. The van der Waals surface area contributed by atoms with Crippen molar-refractivity contribution in [3.8, 4) is 21.8 Å². The summed E-state index contributed by atoms with van der Waals surface area (Å²) in [4.78, 5) is 35.7. The van der Waals surface area contributed by atoms with Gasteiger partial charge in [0.2, 0.25) is 5.82 Å². The maximum Gasteiger partial charge on any atom is 0.270 e. The molecule has 0 fully saturated rings. The van der Waals surface area contributed by atoms with Crippen LogP contribution >= 0.6 is 11.3 Å². The van der Waals surface area contributed by atoms with Crippen molar-refractivity contribution in [2.75, 3.05) is 0 Å². The maximum absolute atomic E-state index is 12.8. The third-order valence-corrected chi connectivity index (χ3v) is 6.77. The molecular weight excluding hydrogens is 488 g/mol. The molecule has 184 valence electrons. The van der Waals surface area contributed by atoms with Gasteiger partial charge < -0.3 is 10.6 Å². The first kappa shape index (κ1) is 23.9. The molecule has 3 N–H and O–H groups in total. The van der Waals surface area contributed by atoms with Crippen LogP contribution in [0, 0.1) is 0 Å². The van der Waals surface area contributed by atoms with Gasteiger partial charge in [-0.3, -0.25) is 9.59 Å². The largest absolute Gasteiger partial charge is 0.346 e. The van der Waals surface area contributed by atoms with Crippen molar-refractivity contribution in [2.45, 2.75) is 19.5 Å². The van der Waals surface area contributed by atoms with Crippen LogP contribution in [0.1, 0.15) is 44.4 Å². The number of hydrogen-bond acceptors (Lipinski definition) is 8. The smallest absolute Gasteiger partial charge is 0.270 e. The van der Waals surface area contributed by atoms with E-state index in [0.29, 0.717) is 12.4 Å². The minimum Gasteiger partial charge on any atom is -0.346 e. The van der Waals surface area contributed by atoms with Crippen LogP contribution in [0.2, 0.25) is 0 Å². The van der Waals surface area contributed by atoms with Crippen LogP contribution in [0.15, 0.2) is 79.1 Å². The Labute approximate surface area is 216 Å². The lowest BCUT2D eigenvalue weighted by atomic mass is 10.1. The van der Waals surface area contributed by atoms with Crippen LogP contribution < -0.4 is 10.6 Å². The summed E-state index contributed by atoms with van der Waals surface area (Å²) < 4.78 is 0. The second kappa shape index (κ2) is 10.9. The van der Waals surface area contributed by atoms with E-state index in [4.69, 9.17) is 0 Å². The molecule has 11 heteroatoms. The molecule has 5 rings (SSSR count). The molecule has 0 unspecified atom stereocenters. The molecule has 0 spiro atoms. The van der Waals surface area contributed by atoms with E-state index >= 15 is 0 Å². The fourth-order valence-corrected chi connectivity index (χ4v) is 4.61. The lowest BCUT2D eigenvalue weighted by molar-refractivity contribution is 0.0934. The van der Waals surface area contributed by atoms with Gasteiger partial charge in [0.05, 0.1) is 12.6 Å². The fourth-order valence-electron chi connectivity index (χ4n) is 3.65. The van der Waals surface area contributed by atoms with E-state index < -0.39 is 5.91 Å². The minimum absolute atomic E-state index is 0.109. The zero-order valence-electron chi connectivity index (χ0n) is 19.8. The summed E-state index contributed by atoms with van der Waals surface area (Å²) in [6.07, 6.45) is 1.22. The molecule has 0 radical (unpaired) electrons. The average Bonchev–Trinajstić information content (AvgIpc) is 3.65. The normalized spacial score (nSPS) is 11.6. The highest BCUT2D eigenvalue weighted by Gasteiger charge is 2.16. The number of amides is 2. The molecule has 1 atom stereocenters. The first-order valence-electron chi connectivity index (χ1n) is 11.5. The van der Waals surface area contributed by atoms with Crippen LogP contribution in [-0.4, -0.2) is 42.4 Å². The number of hydrogen-bond donors (Lipinski definition) is 3. The second-order valence-corrected chi connectivity index (χ2v) is 9.32. The molecule has 3 heterocycles. The zero-order chi connectivity index (χ0) is 25.6. The Hall–Kier alpha value is -4.77. The Bertz CT molecular complexity index is 1500. The monoisotopic (exact) mass is 510 g/mol. The SMILES string of the molecule is C[C@H](NC(=O)c1cc(C(=O)NCc2ccc(-c3ccccc3)s2)ncn1)c1ccc(-c2nn[nH]n2)cc1. The number of aromatic nitrogens is 6. The van der Waals surface area contributed by atoms with E-state index in [-0.39, 0.29) is 23.3 Å². The Morgan fingerprint density at radius 3 is 2.41 bits per heavy atom. The van der Waals surface area contributed by atoms with Crippen molar-refractivity contribution in [2.24, 2.45) is 0 Å². The number of tetrazole rings is 1. The van der Waals surface area contributed by atoms with Crippen LogP contribution in [0.5, 0.6) is 0 Å². The van der Waals surface area contributed by atoms with Crippen molar-refractivity contribution >= 4 is 23.2 Å². The molecule has 2 aromatic carbocycles. The number of carbonyl (C=O) groups is 2. The molecule has 0 saturated heterocycles. The summed E-state index contributed by atoms with van der Waals surface area (Å²) in [7, 11) is 0. The molecule has 0 saturated carbocycles. The maximum atomic E-state index is 12.8. The number of rotatable bonds is 8. The molecule has 3 aromatic heterocycles. The van der Waals surface area contributed by atoms with E-state index in [1.807, 2.05) is 73.7 Å². The summed E-state index contributed by atoms with van der Waals surface area (Å²) in [5.74, 6) is -0.293. The topological polar surface area (TPSA) is 138 Å². The molecule has 10 nitrogen and oxygen atoms in total. The average molecular weight is 511 g/mol. The number of thiophene rings is 1. The Balaban J connectivity index is 1.18. The number of carbonyl (C=O) groups excluding carboxylic acids is 2. The van der Waals surface area contributed by atoms with E-state index in [1.54, 1.807) is 11.3 Å². The Morgan fingerprint density at radius 2 is 1.68 bits per heavy atom. The Kier molecular flexibility index (Phi) is 7.04. The summed E-state index contributed by atoms with van der Waals surface area (Å²) in [6.45, 7) is 2.22. The predicted molar refractivity (Wildman–Crippen MR) is 138 cm³/mol. The highest BCUT2D eigenvalue weighted by molar-refractivity contribution is 7.15. The van der Waals surface area contributed by atoms with Crippen LogP contribution in [0.25, 0.3) is 21.8 Å². The number of nitrogens with zero attached hydrogens (tertiary/aromatic N) is 5. The molecule has 2 amide bonds. The lowest BCUT2D eigenvalue weighted by Gasteiger charge is -2.14. The van der Waals surface area contributed by atoms with Crippen LogP contribution in [0.3, 0.4) is 0 Å². The quantitative estimate of drug-likeness (QED) is 0.289. The summed E-state index contributed by atoms with van der Waals surface area (Å²) in [5, 5.41) is 19.6. The highest BCUT2D eigenvalue weighted by Crippen LogP contribution is 2.27. The number of nitrogens with one attached hydrogen (secondary N) is 3. The van der Waals surface area contributed by atoms with E-state index in [1.165, 1.54) is 12.4 Å². The van der Waals surface area contributed by atoms with Gasteiger partial charge in [0, 0.05) is 21.4 Å². The number of aromatic amines is 1. The van der Waals surface area contributed by atoms with Crippen molar-refractivity contribution in [3.63, 3.8) is 0 Å². The fraction of sp³-hybridized carbons (Fsp3) is 0.115. The number of H-pyrrole nitrogens is 1. The molecule has 5 aromatic rings. The van der Waals surface area contributed by atoms with E-state index in [9.17, 15) is 9.59 Å². The zero-order valence-corrected chi connectivity index (χ0v) is 20.6. The summed E-state index contributed by atoms with van der Waals surface area (Å²) in [5.41, 5.74) is 3.06. The minimum atomic E-state index is -0.406. The van der Waals surface area contributed by atoms with E-state index in [0.717, 1.165) is 26.4 Å². The van der Waals surface area contributed by atoms with Gasteiger partial charge in [0.25, 0.3) is 11.8 Å². The third-order valence-electron chi connectivity index (χ3n) is 5.64. The van der Waals surface area contributed by atoms with Crippen LogP contribution in [-0.2, 0) is 6.54 Å². The van der Waals surface area contributed by atoms with Crippen molar-refractivity contribution in [1.29, 1.82) is 0 Å². The van der Waals surface area contributed by atoms with E-state index in [2.05, 4.69) is 41.2 Å². The summed E-state index contributed by atoms with van der Waals surface area (Å²) >= 11 is 1.61. The van der Waals surface area contributed by atoms with Crippen molar-refractivity contribution in [1.82, 2.24) is 41.2 Å². The van der Waals surface area contributed by atoms with Gasteiger partial charge in [-0.1, -0.05) is 54.6 Å². The van der Waals surface area contributed by atoms with Gasteiger partial charge in [-0.15, -0.1) is 21.5 Å². The molecule has 0 aliphatic heterocycles. The van der Waals surface area contributed by atoms with Crippen molar-refractivity contribution in [3.05, 3.63) is 101 Å². The number of benzene rings is 2. The van der Waals surface area contributed by atoms with Gasteiger partial charge >= 0.3 is 0 Å². The third kappa shape index (κ3) is 5.73. The molecule has 0 aliphatic carbocycles. The molecular formula is C26H22N8O2S. The standard InChI is InChI=1S/C26H22N8O2S/c1-16(17-7-9-19(10-8-17)24-31-33-34-32-24)30-26(36)22-13-21(28-15-29-22)25(35)27-14-20-11-12-23(37-20)18-5-3-2-4-6-18/h2-13,15-16H,14H2,1H3,(H,27,35)(H,30,36)(H,31,32,33,34)/t16-/m0/s1. The first-order valence-corrected chi connectivity index (χ1v) is 12.3. The highest BCUT2D eigenvalue weighted by atomic mass is 32.1. The van der Waals surface area contributed by atoms with Gasteiger partial charge in [-0.05, 0) is 35.4 Å². The first-order chi connectivity index (χ1) is 18.1. The van der Waals surface area contributed by atoms with Crippen molar-refractivity contribution < 1.29 is 9.59 Å². The van der Waals surface area contributed by atoms with Gasteiger partial charge in [-0.25, -0.2) is 9.97 Å². The molecule has 0 aliphatic rings.